The second kappa shape index (κ2) is 7.65. The molecule has 0 saturated carbocycles. The first-order chi connectivity index (χ1) is 10.8. The normalized spacial score (nSPS) is 23.6. The molecule has 1 aromatic rings. The van der Waals surface area contributed by atoms with Crippen molar-refractivity contribution in [3.63, 3.8) is 0 Å². The molecule has 0 aliphatic carbocycles. The quantitative estimate of drug-likeness (QED) is 0.611. The fourth-order valence-electron chi connectivity index (χ4n) is 2.66. The third-order valence-electron chi connectivity index (χ3n) is 3.74. The molecule has 0 radical (unpaired) electrons. The molecule has 0 aromatic heterocycles. The van der Waals surface area contributed by atoms with Gasteiger partial charge in [-0.25, -0.2) is 13.2 Å². The summed E-state index contributed by atoms with van der Waals surface area (Å²) in [5.41, 5.74) is 0.672. The number of hydrogen-bond acceptors (Lipinski definition) is 6. The van der Waals surface area contributed by atoms with Gasteiger partial charge >= 0.3 is 5.97 Å². The number of thiol groups is 1. The summed E-state index contributed by atoms with van der Waals surface area (Å²) < 4.78 is 35.6. The van der Waals surface area contributed by atoms with E-state index >= 15 is 0 Å². The molecular formula is C15H21NO5S2. The average Bonchev–Trinajstić information content (AvgIpc) is 2.89. The SMILES string of the molecule is COC(=O)C(OC[C@@H]1C[C@@H](S)CN1S(C)(=O)=O)c1ccccc1. The van der Waals surface area contributed by atoms with Crippen LogP contribution in [0.1, 0.15) is 18.1 Å². The van der Waals surface area contributed by atoms with Crippen LogP contribution >= 0.6 is 12.6 Å². The number of esters is 1. The van der Waals surface area contributed by atoms with Gasteiger partial charge in [-0.2, -0.15) is 16.9 Å². The van der Waals surface area contributed by atoms with Crippen molar-refractivity contribution in [3.05, 3.63) is 35.9 Å². The largest absolute Gasteiger partial charge is 0.467 e. The maximum atomic E-state index is 12.0. The van der Waals surface area contributed by atoms with Crippen LogP contribution in [0.5, 0.6) is 0 Å². The standard InChI is InChI=1S/C15H21NO5S2/c1-20-15(17)14(11-6-4-3-5-7-11)21-10-12-8-13(22)9-16(12)23(2,18)19/h3-7,12-14,22H,8-10H2,1-2H3/t12-,13+,14?/m0/s1. The van der Waals surface area contributed by atoms with Crippen molar-refractivity contribution in [1.82, 2.24) is 4.31 Å². The first kappa shape index (κ1) is 18.3. The van der Waals surface area contributed by atoms with Crippen molar-refractivity contribution in [1.29, 1.82) is 0 Å². The van der Waals surface area contributed by atoms with Gasteiger partial charge in [0.25, 0.3) is 0 Å². The van der Waals surface area contributed by atoms with E-state index in [9.17, 15) is 13.2 Å². The Labute approximate surface area is 142 Å². The van der Waals surface area contributed by atoms with E-state index in [1.54, 1.807) is 24.3 Å². The van der Waals surface area contributed by atoms with Crippen LogP contribution in [0, 0.1) is 0 Å². The van der Waals surface area contributed by atoms with Crippen molar-refractivity contribution in [2.24, 2.45) is 0 Å². The number of benzene rings is 1. The highest BCUT2D eigenvalue weighted by Gasteiger charge is 2.37. The first-order valence-electron chi connectivity index (χ1n) is 7.22. The lowest BCUT2D eigenvalue weighted by Gasteiger charge is -2.24. The van der Waals surface area contributed by atoms with Crippen LogP contribution in [-0.4, -0.2) is 56.5 Å². The number of rotatable bonds is 6. The molecular weight excluding hydrogens is 338 g/mol. The summed E-state index contributed by atoms with van der Waals surface area (Å²) in [6, 6.07) is 8.65. The second-order valence-electron chi connectivity index (χ2n) is 5.52. The van der Waals surface area contributed by atoms with Gasteiger partial charge in [0.2, 0.25) is 10.0 Å². The van der Waals surface area contributed by atoms with Crippen LogP contribution in [0.15, 0.2) is 30.3 Å². The molecule has 1 aliphatic rings. The topological polar surface area (TPSA) is 72.9 Å². The number of nitrogens with zero attached hydrogens (tertiary/aromatic N) is 1. The zero-order valence-electron chi connectivity index (χ0n) is 13.1. The Morgan fingerprint density at radius 2 is 2.04 bits per heavy atom. The Morgan fingerprint density at radius 1 is 1.39 bits per heavy atom. The number of carbonyl (C=O) groups excluding carboxylic acids is 1. The van der Waals surface area contributed by atoms with E-state index in [2.05, 4.69) is 12.6 Å². The third-order valence-corrected chi connectivity index (χ3v) is 5.41. The number of ether oxygens (including phenoxy) is 2. The Kier molecular flexibility index (Phi) is 6.07. The molecule has 1 heterocycles. The monoisotopic (exact) mass is 359 g/mol. The summed E-state index contributed by atoms with van der Waals surface area (Å²) in [6.07, 6.45) is 0.876. The van der Waals surface area contributed by atoms with Gasteiger partial charge in [-0.1, -0.05) is 30.3 Å². The Balaban J connectivity index is 2.11. The first-order valence-corrected chi connectivity index (χ1v) is 9.58. The smallest absolute Gasteiger partial charge is 0.339 e. The minimum absolute atomic E-state index is 0.0355. The van der Waals surface area contributed by atoms with E-state index in [1.807, 2.05) is 6.07 Å². The van der Waals surface area contributed by atoms with Gasteiger partial charge in [-0.05, 0) is 12.0 Å². The van der Waals surface area contributed by atoms with E-state index in [0.29, 0.717) is 18.5 Å². The molecule has 0 spiro atoms. The van der Waals surface area contributed by atoms with Gasteiger partial charge in [-0.15, -0.1) is 0 Å². The molecule has 1 saturated heterocycles. The molecule has 0 bridgehead atoms. The van der Waals surface area contributed by atoms with Gasteiger partial charge < -0.3 is 9.47 Å². The highest BCUT2D eigenvalue weighted by Crippen LogP contribution is 2.27. The Morgan fingerprint density at radius 3 is 2.61 bits per heavy atom. The van der Waals surface area contributed by atoms with Crippen molar-refractivity contribution < 1.29 is 22.7 Å². The molecule has 1 fully saturated rings. The van der Waals surface area contributed by atoms with Crippen LogP contribution in [0.3, 0.4) is 0 Å². The lowest BCUT2D eigenvalue weighted by Crippen LogP contribution is -2.38. The van der Waals surface area contributed by atoms with Crippen LogP contribution in [0.2, 0.25) is 0 Å². The molecule has 0 N–H and O–H groups in total. The summed E-state index contributed by atoms with van der Waals surface area (Å²) >= 11 is 4.36. The van der Waals surface area contributed by atoms with E-state index in [1.165, 1.54) is 17.7 Å². The average molecular weight is 359 g/mol. The fourth-order valence-corrected chi connectivity index (χ4v) is 4.33. The molecule has 1 unspecified atom stereocenters. The summed E-state index contributed by atoms with van der Waals surface area (Å²) in [4.78, 5) is 12.0. The number of hydrogen-bond donors (Lipinski definition) is 1. The highest BCUT2D eigenvalue weighted by molar-refractivity contribution is 7.88. The Hall–Kier alpha value is -1.09. The van der Waals surface area contributed by atoms with Crippen molar-refractivity contribution >= 4 is 28.6 Å². The molecule has 0 amide bonds. The number of carbonyl (C=O) groups is 1. The van der Waals surface area contributed by atoms with Gasteiger partial charge in [0.1, 0.15) is 0 Å². The Bertz CT molecular complexity index is 635. The number of sulfonamides is 1. The van der Waals surface area contributed by atoms with Crippen LogP contribution in [0.25, 0.3) is 0 Å². The predicted octanol–water partition coefficient (Wildman–Crippen LogP) is 1.25. The van der Waals surface area contributed by atoms with Gasteiger partial charge in [0, 0.05) is 17.8 Å². The lowest BCUT2D eigenvalue weighted by atomic mass is 10.1. The minimum atomic E-state index is -3.33. The van der Waals surface area contributed by atoms with Crippen LogP contribution < -0.4 is 0 Å². The number of methoxy groups -OCH3 is 1. The zero-order valence-corrected chi connectivity index (χ0v) is 14.8. The summed E-state index contributed by atoms with van der Waals surface area (Å²) in [5.74, 6) is -0.512. The minimum Gasteiger partial charge on any atom is -0.467 e. The van der Waals surface area contributed by atoms with Crippen LogP contribution in [0.4, 0.5) is 0 Å². The fraction of sp³-hybridized carbons (Fsp3) is 0.533. The van der Waals surface area contributed by atoms with Crippen molar-refractivity contribution in [2.75, 3.05) is 26.5 Å². The van der Waals surface area contributed by atoms with Gasteiger partial charge in [-0.3, -0.25) is 0 Å². The van der Waals surface area contributed by atoms with E-state index in [0.717, 1.165) is 0 Å². The third kappa shape index (κ3) is 4.69. The molecule has 2 rings (SSSR count). The van der Waals surface area contributed by atoms with Crippen molar-refractivity contribution in [2.45, 2.75) is 23.8 Å². The molecule has 1 aliphatic heterocycles. The van der Waals surface area contributed by atoms with E-state index < -0.39 is 22.1 Å². The maximum absolute atomic E-state index is 12.0. The molecule has 23 heavy (non-hydrogen) atoms. The van der Waals surface area contributed by atoms with E-state index in [4.69, 9.17) is 9.47 Å². The summed E-state index contributed by atoms with van der Waals surface area (Å²) in [5, 5.41) is -0.0355. The zero-order chi connectivity index (χ0) is 17.0. The van der Waals surface area contributed by atoms with Crippen LogP contribution in [-0.2, 0) is 24.3 Å². The molecule has 128 valence electrons. The summed E-state index contributed by atoms with van der Waals surface area (Å²) in [7, 11) is -2.04. The highest BCUT2D eigenvalue weighted by atomic mass is 32.2. The van der Waals surface area contributed by atoms with E-state index in [-0.39, 0.29) is 17.9 Å². The lowest BCUT2D eigenvalue weighted by molar-refractivity contribution is -0.155. The maximum Gasteiger partial charge on any atom is 0.339 e. The predicted molar refractivity (Wildman–Crippen MR) is 89.9 cm³/mol. The van der Waals surface area contributed by atoms with Gasteiger partial charge in [0.15, 0.2) is 6.10 Å². The van der Waals surface area contributed by atoms with Gasteiger partial charge in [0.05, 0.1) is 20.0 Å². The second-order valence-corrected chi connectivity index (χ2v) is 8.19. The molecule has 3 atom stereocenters. The molecule has 8 heteroatoms. The molecule has 6 nitrogen and oxygen atoms in total. The van der Waals surface area contributed by atoms with Crippen molar-refractivity contribution in [3.8, 4) is 0 Å². The molecule has 1 aromatic carbocycles. The summed E-state index contributed by atoms with van der Waals surface area (Å²) in [6.45, 7) is 0.461.